The Labute approximate surface area is 127 Å². The molecule has 3 aromatic heterocycles. The van der Waals surface area contributed by atoms with Crippen LogP contribution >= 0.6 is 0 Å². The number of benzene rings is 1. The van der Waals surface area contributed by atoms with Crippen LogP contribution in [0.1, 0.15) is 11.4 Å². The molecule has 0 aliphatic rings. The first-order valence-corrected chi connectivity index (χ1v) is 7.15. The van der Waals surface area contributed by atoms with E-state index in [4.69, 9.17) is 0 Å². The average molecular weight is 289 g/mol. The fourth-order valence-electron chi connectivity index (χ4n) is 2.79. The maximum Gasteiger partial charge on any atom is 0.161 e. The highest BCUT2D eigenvalue weighted by atomic mass is 15.3. The number of rotatable bonds is 1. The third-order valence-electron chi connectivity index (χ3n) is 3.89. The van der Waals surface area contributed by atoms with Crippen molar-refractivity contribution in [1.29, 1.82) is 0 Å². The minimum atomic E-state index is 0.732. The lowest BCUT2D eigenvalue weighted by Gasteiger charge is -2.07. The molecule has 0 spiro atoms. The van der Waals surface area contributed by atoms with Crippen LogP contribution in [-0.2, 0) is 7.05 Å². The predicted octanol–water partition coefficient (Wildman–Crippen LogP) is 3.20. The fourth-order valence-corrected chi connectivity index (χ4v) is 2.79. The quantitative estimate of drug-likeness (QED) is 0.540. The Hall–Kier alpha value is -2.82. The summed E-state index contributed by atoms with van der Waals surface area (Å²) in [5.74, 6) is 0.732. The topological polar surface area (TPSA) is 56.5 Å². The van der Waals surface area contributed by atoms with Crippen molar-refractivity contribution < 1.29 is 0 Å². The van der Waals surface area contributed by atoms with Gasteiger partial charge in [-0.05, 0) is 25.5 Å². The molecule has 0 amide bonds. The molecule has 0 radical (unpaired) electrons. The van der Waals surface area contributed by atoms with Gasteiger partial charge < -0.3 is 0 Å². The molecule has 5 heteroatoms. The Morgan fingerprint density at radius 3 is 2.77 bits per heavy atom. The normalized spacial score (nSPS) is 11.4. The third kappa shape index (κ3) is 1.86. The fraction of sp³-hybridized carbons (Fsp3) is 0.176. The van der Waals surface area contributed by atoms with E-state index in [1.807, 2.05) is 32.4 Å². The molecule has 3 heterocycles. The minimum absolute atomic E-state index is 0.732. The van der Waals surface area contributed by atoms with E-state index in [9.17, 15) is 0 Å². The van der Waals surface area contributed by atoms with E-state index >= 15 is 0 Å². The molecular formula is C17H15N5. The first-order chi connectivity index (χ1) is 10.6. The van der Waals surface area contributed by atoms with E-state index in [2.05, 4.69) is 45.2 Å². The van der Waals surface area contributed by atoms with Crippen LogP contribution < -0.4 is 0 Å². The van der Waals surface area contributed by atoms with Gasteiger partial charge in [0.15, 0.2) is 5.65 Å². The summed E-state index contributed by atoms with van der Waals surface area (Å²) in [6, 6.07) is 8.33. The highest BCUT2D eigenvalue weighted by Crippen LogP contribution is 2.28. The molecule has 0 atom stereocenters. The zero-order chi connectivity index (χ0) is 15.3. The molecule has 0 aliphatic heterocycles. The first-order valence-electron chi connectivity index (χ1n) is 7.15. The van der Waals surface area contributed by atoms with E-state index in [0.717, 1.165) is 39.0 Å². The van der Waals surface area contributed by atoms with Crippen LogP contribution in [0.25, 0.3) is 33.2 Å². The average Bonchev–Trinajstić information content (AvgIpc) is 2.88. The second-order valence-electron chi connectivity index (χ2n) is 5.50. The lowest BCUT2D eigenvalue weighted by atomic mass is 10.1. The summed E-state index contributed by atoms with van der Waals surface area (Å²) in [5.41, 5.74) is 4.91. The van der Waals surface area contributed by atoms with Crippen LogP contribution in [0.2, 0.25) is 0 Å². The second-order valence-corrected chi connectivity index (χ2v) is 5.50. The standard InChI is InChI=1S/C17H15N5/c1-10-5-4-6-12-7-13(8-18-15(10)12)16-14-9-19-22(3)17(14)21-11(2)20-16/h4-9H,1-3H3. The lowest BCUT2D eigenvalue weighted by Crippen LogP contribution is -1.97. The van der Waals surface area contributed by atoms with Crippen molar-refractivity contribution in [3.8, 4) is 11.3 Å². The number of aromatic nitrogens is 5. The lowest BCUT2D eigenvalue weighted by molar-refractivity contribution is 0.783. The van der Waals surface area contributed by atoms with Crippen molar-refractivity contribution in [2.45, 2.75) is 13.8 Å². The van der Waals surface area contributed by atoms with Crippen LogP contribution in [0.3, 0.4) is 0 Å². The number of pyridine rings is 1. The van der Waals surface area contributed by atoms with Crippen LogP contribution in [0, 0.1) is 13.8 Å². The molecule has 0 saturated carbocycles. The zero-order valence-electron chi connectivity index (χ0n) is 12.7. The number of para-hydroxylation sites is 1. The monoisotopic (exact) mass is 289 g/mol. The minimum Gasteiger partial charge on any atom is -0.255 e. The van der Waals surface area contributed by atoms with Gasteiger partial charge in [-0.15, -0.1) is 0 Å². The third-order valence-corrected chi connectivity index (χ3v) is 3.89. The van der Waals surface area contributed by atoms with Crippen molar-refractivity contribution in [3.63, 3.8) is 0 Å². The van der Waals surface area contributed by atoms with Gasteiger partial charge in [0.05, 0.1) is 22.8 Å². The van der Waals surface area contributed by atoms with E-state index in [1.54, 1.807) is 4.68 Å². The molecule has 0 bridgehead atoms. The molecule has 108 valence electrons. The Bertz CT molecular complexity index is 1020. The molecule has 0 unspecified atom stereocenters. The molecule has 4 rings (SSSR count). The largest absolute Gasteiger partial charge is 0.255 e. The van der Waals surface area contributed by atoms with Gasteiger partial charge in [-0.3, -0.25) is 9.67 Å². The molecule has 1 aromatic carbocycles. The number of fused-ring (bicyclic) bond motifs is 2. The van der Waals surface area contributed by atoms with E-state index in [-0.39, 0.29) is 0 Å². The predicted molar refractivity (Wildman–Crippen MR) is 86.5 cm³/mol. The van der Waals surface area contributed by atoms with Gasteiger partial charge in [0.25, 0.3) is 0 Å². The van der Waals surface area contributed by atoms with Crippen molar-refractivity contribution >= 4 is 21.9 Å². The van der Waals surface area contributed by atoms with Gasteiger partial charge in [0, 0.05) is 24.2 Å². The number of aryl methyl sites for hydroxylation is 3. The number of hydrogen-bond acceptors (Lipinski definition) is 4. The highest BCUT2D eigenvalue weighted by Gasteiger charge is 2.12. The molecule has 22 heavy (non-hydrogen) atoms. The second kappa shape index (κ2) is 4.59. The molecule has 4 aromatic rings. The summed E-state index contributed by atoms with van der Waals surface area (Å²) in [6.07, 6.45) is 3.69. The Kier molecular flexibility index (Phi) is 2.69. The van der Waals surface area contributed by atoms with Gasteiger partial charge in [-0.25, -0.2) is 9.97 Å². The molecule has 0 fully saturated rings. The maximum atomic E-state index is 4.61. The van der Waals surface area contributed by atoms with Crippen LogP contribution in [-0.4, -0.2) is 24.7 Å². The van der Waals surface area contributed by atoms with Crippen LogP contribution in [0.5, 0.6) is 0 Å². The molecule has 0 N–H and O–H groups in total. The summed E-state index contributed by atoms with van der Waals surface area (Å²) in [6.45, 7) is 3.97. The summed E-state index contributed by atoms with van der Waals surface area (Å²) in [5, 5.41) is 6.36. The zero-order valence-corrected chi connectivity index (χ0v) is 12.7. The summed E-state index contributed by atoms with van der Waals surface area (Å²) in [4.78, 5) is 13.7. The number of nitrogens with zero attached hydrogens (tertiary/aromatic N) is 5. The van der Waals surface area contributed by atoms with Crippen molar-refractivity contribution in [3.05, 3.63) is 48.0 Å². The van der Waals surface area contributed by atoms with E-state index in [1.165, 1.54) is 5.56 Å². The van der Waals surface area contributed by atoms with Crippen molar-refractivity contribution in [2.75, 3.05) is 0 Å². The maximum absolute atomic E-state index is 4.61. The Morgan fingerprint density at radius 2 is 1.91 bits per heavy atom. The van der Waals surface area contributed by atoms with E-state index < -0.39 is 0 Å². The van der Waals surface area contributed by atoms with Gasteiger partial charge in [0.2, 0.25) is 0 Å². The molecule has 0 aliphatic carbocycles. The molecule has 5 nitrogen and oxygen atoms in total. The van der Waals surface area contributed by atoms with Crippen molar-refractivity contribution in [1.82, 2.24) is 24.7 Å². The molecular weight excluding hydrogens is 274 g/mol. The smallest absolute Gasteiger partial charge is 0.161 e. The van der Waals surface area contributed by atoms with Gasteiger partial charge in [-0.1, -0.05) is 18.2 Å². The van der Waals surface area contributed by atoms with E-state index in [0.29, 0.717) is 0 Å². The van der Waals surface area contributed by atoms with Crippen molar-refractivity contribution in [2.24, 2.45) is 7.05 Å². The van der Waals surface area contributed by atoms with Gasteiger partial charge in [0.1, 0.15) is 5.82 Å². The van der Waals surface area contributed by atoms with Gasteiger partial charge >= 0.3 is 0 Å². The summed E-state index contributed by atoms with van der Waals surface area (Å²) in [7, 11) is 1.89. The Balaban J connectivity index is 2.03. The van der Waals surface area contributed by atoms with Gasteiger partial charge in [-0.2, -0.15) is 5.10 Å². The number of hydrogen-bond donors (Lipinski definition) is 0. The Morgan fingerprint density at radius 1 is 1.05 bits per heavy atom. The van der Waals surface area contributed by atoms with Crippen LogP contribution in [0.15, 0.2) is 36.7 Å². The SMILES string of the molecule is Cc1nc(-c2cnc3c(C)cccc3c2)c2cnn(C)c2n1. The van der Waals surface area contributed by atoms with Crippen LogP contribution in [0.4, 0.5) is 0 Å². The summed E-state index contributed by atoms with van der Waals surface area (Å²) >= 11 is 0. The highest BCUT2D eigenvalue weighted by molar-refractivity contribution is 5.93. The molecule has 0 saturated heterocycles. The first kappa shape index (κ1) is 12.9. The summed E-state index contributed by atoms with van der Waals surface area (Å²) < 4.78 is 1.77.